The van der Waals surface area contributed by atoms with Crippen LogP contribution < -0.4 is 10.6 Å². The first-order valence-corrected chi connectivity index (χ1v) is 9.40. The van der Waals surface area contributed by atoms with Crippen LogP contribution in [-0.4, -0.2) is 16.0 Å². The van der Waals surface area contributed by atoms with Gasteiger partial charge in [-0.1, -0.05) is 38.1 Å². The summed E-state index contributed by atoms with van der Waals surface area (Å²) in [6.07, 6.45) is 1.44. The number of anilines is 1. The lowest BCUT2D eigenvalue weighted by Crippen LogP contribution is -2.33. The molecule has 0 aliphatic heterocycles. The minimum atomic E-state index is -0.398. The number of nitrogens with one attached hydrogen (secondary N) is 2. The zero-order valence-electron chi connectivity index (χ0n) is 14.7. The normalized spacial score (nSPS) is 10.8. The largest absolute Gasteiger partial charge is 0.459 e. The standard InChI is InChI=1S/C19H19N3O2S2/c1-11(2)13-6-8-14(9-7-13)16-12(3)26-19(20-16)22-18(25)21-17(23)15-5-4-10-24-15/h4-11H,1-3H3,(H2,20,21,22,23,25). The Kier molecular flexibility index (Phi) is 5.49. The van der Waals surface area contributed by atoms with Crippen molar-refractivity contribution in [2.24, 2.45) is 0 Å². The van der Waals surface area contributed by atoms with Crippen molar-refractivity contribution in [2.75, 3.05) is 5.32 Å². The Hall–Kier alpha value is -2.51. The van der Waals surface area contributed by atoms with Gasteiger partial charge in [-0.3, -0.25) is 10.1 Å². The Morgan fingerprint density at radius 1 is 1.23 bits per heavy atom. The van der Waals surface area contributed by atoms with Crippen LogP contribution in [0.4, 0.5) is 5.13 Å². The van der Waals surface area contributed by atoms with Gasteiger partial charge < -0.3 is 9.73 Å². The second-order valence-corrected chi connectivity index (χ2v) is 7.70. The quantitative estimate of drug-likeness (QED) is 0.621. The maximum atomic E-state index is 11.9. The van der Waals surface area contributed by atoms with Gasteiger partial charge in [0.2, 0.25) is 0 Å². The van der Waals surface area contributed by atoms with E-state index in [-0.39, 0.29) is 10.9 Å². The van der Waals surface area contributed by atoms with Gasteiger partial charge in [0.25, 0.3) is 5.91 Å². The molecular formula is C19H19N3O2S2. The van der Waals surface area contributed by atoms with E-state index in [9.17, 15) is 4.79 Å². The highest BCUT2D eigenvalue weighted by Gasteiger charge is 2.14. The van der Waals surface area contributed by atoms with Crippen molar-refractivity contribution in [3.8, 4) is 11.3 Å². The van der Waals surface area contributed by atoms with Gasteiger partial charge in [0, 0.05) is 10.4 Å². The summed E-state index contributed by atoms with van der Waals surface area (Å²) >= 11 is 6.67. The highest BCUT2D eigenvalue weighted by atomic mass is 32.1. The van der Waals surface area contributed by atoms with E-state index >= 15 is 0 Å². The van der Waals surface area contributed by atoms with Crippen LogP contribution in [0.2, 0.25) is 0 Å². The fourth-order valence-electron chi connectivity index (χ4n) is 2.44. The summed E-state index contributed by atoms with van der Waals surface area (Å²) in [6, 6.07) is 11.6. The highest BCUT2D eigenvalue weighted by molar-refractivity contribution is 7.80. The van der Waals surface area contributed by atoms with Crippen molar-refractivity contribution < 1.29 is 9.21 Å². The molecule has 0 saturated heterocycles. The number of thiocarbonyl (C=S) groups is 1. The lowest BCUT2D eigenvalue weighted by atomic mass is 10.0. The summed E-state index contributed by atoms with van der Waals surface area (Å²) in [6.45, 7) is 6.35. The number of carbonyl (C=O) groups is 1. The van der Waals surface area contributed by atoms with Gasteiger partial charge >= 0.3 is 0 Å². The number of hydrogen-bond donors (Lipinski definition) is 2. The van der Waals surface area contributed by atoms with Gasteiger partial charge in [0.1, 0.15) is 0 Å². The molecule has 3 aromatic rings. The van der Waals surface area contributed by atoms with Crippen LogP contribution in [0.5, 0.6) is 0 Å². The van der Waals surface area contributed by atoms with Crippen LogP contribution in [0.15, 0.2) is 47.1 Å². The van der Waals surface area contributed by atoms with Crippen LogP contribution in [0.25, 0.3) is 11.3 Å². The second kappa shape index (κ2) is 7.80. The topological polar surface area (TPSA) is 67.2 Å². The molecular weight excluding hydrogens is 366 g/mol. The maximum absolute atomic E-state index is 11.9. The average Bonchev–Trinajstić information content (AvgIpc) is 3.25. The summed E-state index contributed by atoms with van der Waals surface area (Å²) < 4.78 is 5.04. The predicted molar refractivity (Wildman–Crippen MR) is 109 cm³/mol. The molecule has 3 rings (SSSR count). The van der Waals surface area contributed by atoms with Gasteiger partial charge in [-0.05, 0) is 42.8 Å². The Balaban J connectivity index is 1.69. The van der Waals surface area contributed by atoms with E-state index in [0.29, 0.717) is 11.0 Å². The predicted octanol–water partition coefficient (Wildman–Crippen LogP) is 4.96. The molecule has 2 N–H and O–H groups in total. The molecule has 0 radical (unpaired) electrons. The van der Waals surface area contributed by atoms with Crippen LogP contribution in [0, 0.1) is 6.92 Å². The molecule has 1 aromatic carbocycles. The summed E-state index contributed by atoms with van der Waals surface area (Å²) in [4.78, 5) is 17.6. The molecule has 1 amide bonds. The van der Waals surface area contributed by atoms with E-state index in [0.717, 1.165) is 16.1 Å². The van der Waals surface area contributed by atoms with Gasteiger partial charge in [-0.15, -0.1) is 11.3 Å². The highest BCUT2D eigenvalue weighted by Crippen LogP contribution is 2.31. The average molecular weight is 386 g/mol. The fourth-order valence-corrected chi connectivity index (χ4v) is 3.54. The van der Waals surface area contributed by atoms with Crippen LogP contribution in [-0.2, 0) is 0 Å². The lowest BCUT2D eigenvalue weighted by Gasteiger charge is -2.06. The number of hydrogen-bond acceptors (Lipinski definition) is 5. The summed E-state index contributed by atoms with van der Waals surface area (Å²) in [5, 5.41) is 6.35. The van der Waals surface area contributed by atoms with E-state index in [2.05, 4.69) is 53.7 Å². The van der Waals surface area contributed by atoms with Gasteiger partial charge in [-0.2, -0.15) is 0 Å². The maximum Gasteiger partial charge on any atom is 0.293 e. The number of nitrogens with zero attached hydrogens (tertiary/aromatic N) is 1. The van der Waals surface area contributed by atoms with Gasteiger partial charge in [0.05, 0.1) is 12.0 Å². The molecule has 0 fully saturated rings. The number of benzene rings is 1. The van der Waals surface area contributed by atoms with Crippen molar-refractivity contribution in [3.63, 3.8) is 0 Å². The van der Waals surface area contributed by atoms with Gasteiger partial charge in [-0.25, -0.2) is 4.98 Å². The molecule has 0 spiro atoms. The molecule has 0 aliphatic carbocycles. The van der Waals surface area contributed by atoms with E-state index in [1.165, 1.54) is 23.2 Å². The number of carbonyl (C=O) groups excluding carboxylic acids is 1. The number of amides is 1. The minimum absolute atomic E-state index is 0.182. The molecule has 0 unspecified atom stereocenters. The first-order valence-electron chi connectivity index (χ1n) is 8.17. The second-order valence-electron chi connectivity index (χ2n) is 6.09. The van der Waals surface area contributed by atoms with Crippen molar-refractivity contribution in [1.82, 2.24) is 10.3 Å². The van der Waals surface area contributed by atoms with Crippen molar-refractivity contribution in [3.05, 3.63) is 58.9 Å². The molecule has 7 heteroatoms. The smallest absolute Gasteiger partial charge is 0.293 e. The third kappa shape index (κ3) is 4.17. The summed E-state index contributed by atoms with van der Waals surface area (Å²) in [7, 11) is 0. The van der Waals surface area contributed by atoms with Gasteiger partial charge in [0.15, 0.2) is 16.0 Å². The molecule has 134 valence electrons. The lowest BCUT2D eigenvalue weighted by molar-refractivity contribution is 0.0950. The number of furan rings is 1. The van der Waals surface area contributed by atoms with E-state index in [1.54, 1.807) is 12.1 Å². The number of aromatic nitrogens is 1. The zero-order chi connectivity index (χ0) is 18.7. The van der Waals surface area contributed by atoms with E-state index in [1.807, 2.05) is 6.92 Å². The Morgan fingerprint density at radius 3 is 2.58 bits per heavy atom. The minimum Gasteiger partial charge on any atom is -0.459 e. The zero-order valence-corrected chi connectivity index (χ0v) is 16.3. The third-order valence-electron chi connectivity index (χ3n) is 3.84. The van der Waals surface area contributed by atoms with E-state index in [4.69, 9.17) is 16.6 Å². The monoisotopic (exact) mass is 385 g/mol. The molecule has 2 heterocycles. The Morgan fingerprint density at radius 2 is 1.96 bits per heavy atom. The Labute approximate surface area is 161 Å². The SMILES string of the molecule is Cc1sc(NC(=S)NC(=O)c2ccco2)nc1-c1ccc(C(C)C)cc1. The summed E-state index contributed by atoms with van der Waals surface area (Å²) in [5.74, 6) is 0.300. The summed E-state index contributed by atoms with van der Waals surface area (Å²) in [5.41, 5.74) is 3.26. The van der Waals surface area contributed by atoms with E-state index < -0.39 is 5.91 Å². The number of rotatable bonds is 4. The fraction of sp³-hybridized carbons (Fsp3) is 0.211. The molecule has 0 aliphatic rings. The molecule has 5 nitrogen and oxygen atoms in total. The molecule has 0 saturated carbocycles. The van der Waals surface area contributed by atoms with Crippen molar-refractivity contribution in [1.29, 1.82) is 0 Å². The van der Waals surface area contributed by atoms with Crippen LogP contribution in [0.3, 0.4) is 0 Å². The molecule has 0 bridgehead atoms. The first kappa shape index (κ1) is 18.3. The molecule has 2 aromatic heterocycles. The van der Waals surface area contributed by atoms with Crippen molar-refractivity contribution >= 4 is 39.7 Å². The molecule has 0 atom stereocenters. The van der Waals surface area contributed by atoms with Crippen LogP contribution in [0.1, 0.15) is 40.8 Å². The van der Waals surface area contributed by atoms with Crippen LogP contribution >= 0.6 is 23.6 Å². The van der Waals surface area contributed by atoms with Crippen molar-refractivity contribution in [2.45, 2.75) is 26.7 Å². The molecule has 26 heavy (non-hydrogen) atoms. The first-order chi connectivity index (χ1) is 12.4. The number of aryl methyl sites for hydroxylation is 1. The third-order valence-corrected chi connectivity index (χ3v) is 4.93. The Bertz CT molecular complexity index is 913. The number of thiazole rings is 1.